The minimum absolute atomic E-state index is 0.177. The summed E-state index contributed by atoms with van der Waals surface area (Å²) in [7, 11) is 0. The summed E-state index contributed by atoms with van der Waals surface area (Å²) < 4.78 is 18.7. The number of ether oxygens (including phenoxy) is 1. The molecule has 0 aliphatic rings. The second-order valence-corrected chi connectivity index (χ2v) is 6.31. The van der Waals surface area contributed by atoms with Gasteiger partial charge in [0, 0.05) is 6.54 Å². The van der Waals surface area contributed by atoms with Crippen LogP contribution in [-0.2, 0) is 6.61 Å². The van der Waals surface area contributed by atoms with Gasteiger partial charge in [-0.15, -0.1) is 0 Å². The number of amides is 1. The number of carbonyl (C=O) groups excluding carboxylic acids is 1. The maximum atomic E-state index is 12.9. The number of halogens is 1. The summed E-state index contributed by atoms with van der Waals surface area (Å²) >= 11 is 0. The van der Waals surface area contributed by atoms with E-state index >= 15 is 0 Å². The van der Waals surface area contributed by atoms with E-state index in [0.717, 1.165) is 5.56 Å². The van der Waals surface area contributed by atoms with Crippen LogP contribution < -0.4 is 10.1 Å². The van der Waals surface area contributed by atoms with Gasteiger partial charge in [-0.05, 0) is 49.1 Å². The topological polar surface area (TPSA) is 58.6 Å². The minimum atomic E-state index is -0.391. The Hall–Kier alpha value is -2.40. The smallest absolute Gasteiger partial charge is 0.255 e. The van der Waals surface area contributed by atoms with Crippen LogP contribution in [0.5, 0.6) is 5.75 Å². The molecule has 0 heterocycles. The fourth-order valence-electron chi connectivity index (χ4n) is 2.55. The molecule has 0 spiro atoms. The van der Waals surface area contributed by atoms with Crippen molar-refractivity contribution in [2.45, 2.75) is 33.0 Å². The molecule has 2 aromatic carbocycles. The maximum Gasteiger partial charge on any atom is 0.255 e. The van der Waals surface area contributed by atoms with Crippen LogP contribution in [-0.4, -0.2) is 23.7 Å². The van der Waals surface area contributed by atoms with Gasteiger partial charge in [0.1, 0.15) is 18.2 Å². The second-order valence-electron chi connectivity index (χ2n) is 6.31. The molecule has 2 N–H and O–H groups in total. The van der Waals surface area contributed by atoms with Gasteiger partial charge in [-0.3, -0.25) is 4.79 Å². The quantitative estimate of drug-likeness (QED) is 0.769. The number of carbonyl (C=O) groups is 1. The molecule has 4 nitrogen and oxygen atoms in total. The van der Waals surface area contributed by atoms with Gasteiger partial charge in [0.15, 0.2) is 0 Å². The molecular formula is C20H24FNO3. The lowest BCUT2D eigenvalue weighted by atomic mass is 10.0. The van der Waals surface area contributed by atoms with Crippen molar-refractivity contribution >= 4 is 5.91 Å². The van der Waals surface area contributed by atoms with Crippen molar-refractivity contribution in [3.63, 3.8) is 0 Å². The summed E-state index contributed by atoms with van der Waals surface area (Å²) in [6.07, 6.45) is 0.237. The highest BCUT2D eigenvalue weighted by Gasteiger charge is 2.14. The third-order valence-electron chi connectivity index (χ3n) is 3.79. The monoisotopic (exact) mass is 345 g/mol. The van der Waals surface area contributed by atoms with Crippen LogP contribution in [0.15, 0.2) is 48.5 Å². The predicted octanol–water partition coefficient (Wildman–Crippen LogP) is 3.54. The van der Waals surface area contributed by atoms with Gasteiger partial charge >= 0.3 is 0 Å². The van der Waals surface area contributed by atoms with E-state index in [9.17, 15) is 14.3 Å². The number of hydrogen-bond acceptors (Lipinski definition) is 3. The summed E-state index contributed by atoms with van der Waals surface area (Å²) in [6, 6.07) is 13.1. The average molecular weight is 345 g/mol. The molecule has 0 aliphatic carbocycles. The molecule has 0 fully saturated rings. The Labute approximate surface area is 147 Å². The van der Waals surface area contributed by atoms with Crippen LogP contribution in [0.1, 0.15) is 36.2 Å². The van der Waals surface area contributed by atoms with Crippen molar-refractivity contribution in [2.75, 3.05) is 6.54 Å². The normalized spacial score (nSPS) is 13.1. The summed E-state index contributed by atoms with van der Waals surface area (Å²) in [5, 5.41) is 12.3. The highest BCUT2D eigenvalue weighted by atomic mass is 19.1. The Morgan fingerprint density at radius 1 is 1.16 bits per heavy atom. The van der Waals surface area contributed by atoms with Crippen LogP contribution in [0.3, 0.4) is 0 Å². The highest BCUT2D eigenvalue weighted by molar-refractivity contribution is 5.96. The molecule has 5 heteroatoms. The Kier molecular flexibility index (Phi) is 6.95. The van der Waals surface area contributed by atoms with E-state index in [1.54, 1.807) is 43.3 Å². The Morgan fingerprint density at radius 2 is 1.84 bits per heavy atom. The first kappa shape index (κ1) is 18.9. The molecule has 134 valence electrons. The van der Waals surface area contributed by atoms with Crippen molar-refractivity contribution in [3.8, 4) is 5.75 Å². The summed E-state index contributed by atoms with van der Waals surface area (Å²) in [6.45, 7) is 4.44. The summed E-state index contributed by atoms with van der Waals surface area (Å²) in [5.74, 6) is 0.144. The van der Waals surface area contributed by atoms with Crippen LogP contribution in [0.2, 0.25) is 0 Å². The fraction of sp³-hybridized carbons (Fsp3) is 0.350. The van der Waals surface area contributed by atoms with Gasteiger partial charge in [-0.2, -0.15) is 0 Å². The van der Waals surface area contributed by atoms with Crippen LogP contribution in [0.4, 0.5) is 4.39 Å². The standard InChI is InChI=1S/C20H24FNO3/c1-14(11-15(2)23)12-22-20(24)18-5-3-4-6-19(18)25-13-16-7-9-17(21)10-8-16/h3-10,14-15,23H,11-13H2,1-2H3,(H,22,24)/t14-,15+/m0/s1. The Morgan fingerprint density at radius 3 is 2.52 bits per heavy atom. The Bertz CT molecular complexity index is 686. The molecule has 0 unspecified atom stereocenters. The van der Waals surface area contributed by atoms with Crippen molar-refractivity contribution in [3.05, 3.63) is 65.5 Å². The van der Waals surface area contributed by atoms with Crippen LogP contribution in [0.25, 0.3) is 0 Å². The van der Waals surface area contributed by atoms with Crippen LogP contribution >= 0.6 is 0 Å². The zero-order valence-corrected chi connectivity index (χ0v) is 14.5. The van der Waals surface area contributed by atoms with Gasteiger partial charge in [0.05, 0.1) is 11.7 Å². The molecule has 2 atom stereocenters. The first-order chi connectivity index (χ1) is 12.0. The number of hydrogen-bond donors (Lipinski definition) is 2. The van der Waals surface area contributed by atoms with Crippen molar-refractivity contribution < 1.29 is 19.0 Å². The molecule has 0 saturated heterocycles. The van der Waals surface area contributed by atoms with E-state index in [1.165, 1.54) is 12.1 Å². The number of para-hydroxylation sites is 1. The zero-order valence-electron chi connectivity index (χ0n) is 14.5. The molecule has 25 heavy (non-hydrogen) atoms. The fourth-order valence-corrected chi connectivity index (χ4v) is 2.55. The van der Waals surface area contributed by atoms with Crippen molar-refractivity contribution in [2.24, 2.45) is 5.92 Å². The van der Waals surface area contributed by atoms with E-state index in [0.29, 0.717) is 24.3 Å². The average Bonchev–Trinajstić information content (AvgIpc) is 2.59. The third-order valence-corrected chi connectivity index (χ3v) is 3.79. The van der Waals surface area contributed by atoms with Gasteiger partial charge in [-0.1, -0.05) is 31.2 Å². The first-order valence-electron chi connectivity index (χ1n) is 8.38. The number of aliphatic hydroxyl groups excluding tert-OH is 1. The lowest BCUT2D eigenvalue weighted by Crippen LogP contribution is -2.29. The van der Waals surface area contributed by atoms with Crippen LogP contribution in [0, 0.1) is 11.7 Å². The first-order valence-corrected chi connectivity index (χ1v) is 8.38. The largest absolute Gasteiger partial charge is 0.488 e. The zero-order chi connectivity index (χ0) is 18.2. The number of benzene rings is 2. The lowest BCUT2D eigenvalue weighted by molar-refractivity contribution is 0.0935. The van der Waals surface area contributed by atoms with Crippen molar-refractivity contribution in [1.29, 1.82) is 0 Å². The predicted molar refractivity (Wildman–Crippen MR) is 95.0 cm³/mol. The number of rotatable bonds is 8. The third kappa shape index (κ3) is 6.19. The second kappa shape index (κ2) is 9.18. The SMILES string of the molecule is C[C@H](CNC(=O)c1ccccc1OCc1ccc(F)cc1)C[C@@H](C)O. The molecule has 0 bridgehead atoms. The Balaban J connectivity index is 1.96. The summed E-state index contributed by atoms with van der Waals surface area (Å²) in [4.78, 5) is 12.4. The maximum absolute atomic E-state index is 12.9. The summed E-state index contributed by atoms with van der Waals surface area (Å²) in [5.41, 5.74) is 1.27. The molecule has 0 aromatic heterocycles. The van der Waals surface area contributed by atoms with E-state index in [-0.39, 0.29) is 24.2 Å². The molecule has 1 amide bonds. The molecule has 0 aliphatic heterocycles. The molecule has 0 saturated carbocycles. The van der Waals surface area contributed by atoms with E-state index in [2.05, 4.69) is 5.32 Å². The molecule has 0 radical (unpaired) electrons. The molecular weight excluding hydrogens is 321 g/mol. The highest BCUT2D eigenvalue weighted by Crippen LogP contribution is 2.19. The van der Waals surface area contributed by atoms with Gasteiger partial charge in [0.25, 0.3) is 5.91 Å². The molecule has 2 rings (SSSR count). The van der Waals surface area contributed by atoms with Gasteiger partial charge < -0.3 is 15.2 Å². The molecule has 2 aromatic rings. The van der Waals surface area contributed by atoms with Gasteiger partial charge in [0.2, 0.25) is 0 Å². The number of aliphatic hydroxyl groups is 1. The van der Waals surface area contributed by atoms with E-state index in [1.807, 2.05) is 6.92 Å². The van der Waals surface area contributed by atoms with Crippen molar-refractivity contribution in [1.82, 2.24) is 5.32 Å². The van der Waals surface area contributed by atoms with E-state index < -0.39 is 6.10 Å². The lowest BCUT2D eigenvalue weighted by Gasteiger charge is -2.15. The minimum Gasteiger partial charge on any atom is -0.488 e. The van der Waals surface area contributed by atoms with Gasteiger partial charge in [-0.25, -0.2) is 4.39 Å². The van der Waals surface area contributed by atoms with E-state index in [4.69, 9.17) is 4.74 Å². The number of nitrogens with one attached hydrogen (secondary N) is 1.